The fourth-order valence-corrected chi connectivity index (χ4v) is 4.33. The molecule has 2 heterocycles. The Morgan fingerprint density at radius 1 is 1.29 bits per heavy atom. The summed E-state index contributed by atoms with van der Waals surface area (Å²) in [6, 6.07) is 12.0. The lowest BCUT2D eigenvalue weighted by atomic mass is 9.85. The second kappa shape index (κ2) is 7.73. The summed E-state index contributed by atoms with van der Waals surface area (Å²) in [6.07, 6.45) is 0.462. The number of hydrogen-bond donors (Lipinski definition) is 2. The standard InChI is InChI=1S/C23H20ClN3O4/c1-13-3-6-18-16(20(13)24)10-19(27(18)2)21(28)26-23(7-8-31-12-23)17-5-4-14(22(29)30)9-15(17)11-25/h3-6,9-10H,7-8,12H2,1-2H3,(H,26,28)(H,29,30). The first-order valence-electron chi connectivity index (χ1n) is 9.70. The summed E-state index contributed by atoms with van der Waals surface area (Å²) in [7, 11) is 1.79. The van der Waals surface area contributed by atoms with E-state index in [0.29, 0.717) is 29.3 Å². The molecule has 1 aromatic heterocycles. The second-order valence-electron chi connectivity index (χ2n) is 7.73. The molecule has 1 atom stereocenters. The predicted molar refractivity (Wildman–Crippen MR) is 115 cm³/mol. The molecule has 7 nitrogen and oxygen atoms in total. The van der Waals surface area contributed by atoms with Gasteiger partial charge in [0, 0.05) is 31.0 Å². The lowest BCUT2D eigenvalue weighted by Gasteiger charge is -2.30. The van der Waals surface area contributed by atoms with Crippen LogP contribution in [0.15, 0.2) is 36.4 Å². The number of aromatic carboxylic acids is 1. The van der Waals surface area contributed by atoms with Gasteiger partial charge in [0.25, 0.3) is 5.91 Å². The number of aryl methyl sites for hydroxylation is 2. The molecule has 0 aliphatic carbocycles. The maximum atomic E-state index is 13.3. The van der Waals surface area contributed by atoms with Crippen LogP contribution < -0.4 is 5.32 Å². The highest BCUT2D eigenvalue weighted by Gasteiger charge is 2.40. The van der Waals surface area contributed by atoms with Crippen LogP contribution in [-0.2, 0) is 17.3 Å². The Kier molecular flexibility index (Phi) is 5.21. The third-order valence-corrected chi connectivity index (χ3v) is 6.36. The second-order valence-corrected chi connectivity index (χ2v) is 8.11. The molecule has 1 aliphatic heterocycles. The molecule has 1 unspecified atom stereocenters. The quantitative estimate of drug-likeness (QED) is 0.646. The van der Waals surface area contributed by atoms with E-state index in [1.807, 2.05) is 19.1 Å². The van der Waals surface area contributed by atoms with Crippen LogP contribution in [0, 0.1) is 18.3 Å². The molecule has 1 saturated heterocycles. The number of amides is 1. The average molecular weight is 438 g/mol. The number of carboxylic acid groups (broad SMARTS) is 1. The minimum absolute atomic E-state index is 0.0133. The molecule has 1 fully saturated rings. The van der Waals surface area contributed by atoms with E-state index in [1.165, 1.54) is 12.1 Å². The van der Waals surface area contributed by atoms with Gasteiger partial charge in [-0.05, 0) is 42.3 Å². The third-order valence-electron chi connectivity index (χ3n) is 5.86. The number of nitriles is 1. The predicted octanol–water partition coefficient (Wildman–Crippen LogP) is 3.76. The molecule has 8 heteroatoms. The number of aromatic nitrogens is 1. The van der Waals surface area contributed by atoms with E-state index in [9.17, 15) is 20.0 Å². The van der Waals surface area contributed by atoms with Gasteiger partial charge in [0.2, 0.25) is 0 Å². The summed E-state index contributed by atoms with van der Waals surface area (Å²) >= 11 is 6.44. The van der Waals surface area contributed by atoms with Gasteiger partial charge in [-0.3, -0.25) is 4.79 Å². The molecule has 0 radical (unpaired) electrons. The van der Waals surface area contributed by atoms with Crippen LogP contribution in [0.25, 0.3) is 10.9 Å². The Morgan fingerprint density at radius 2 is 2.06 bits per heavy atom. The lowest BCUT2D eigenvalue weighted by molar-refractivity contribution is 0.0696. The van der Waals surface area contributed by atoms with Crippen molar-refractivity contribution in [2.75, 3.05) is 13.2 Å². The van der Waals surface area contributed by atoms with Gasteiger partial charge >= 0.3 is 5.97 Å². The Balaban J connectivity index is 1.76. The molecule has 2 aromatic carbocycles. The maximum Gasteiger partial charge on any atom is 0.335 e. The number of halogens is 1. The number of carboxylic acids is 1. The van der Waals surface area contributed by atoms with Gasteiger partial charge in [0.15, 0.2) is 0 Å². The number of benzene rings is 2. The van der Waals surface area contributed by atoms with Crippen molar-refractivity contribution in [2.24, 2.45) is 7.05 Å². The van der Waals surface area contributed by atoms with E-state index in [2.05, 4.69) is 11.4 Å². The molecule has 158 valence electrons. The molecule has 31 heavy (non-hydrogen) atoms. The highest BCUT2D eigenvalue weighted by Crippen LogP contribution is 2.35. The van der Waals surface area contributed by atoms with Gasteiger partial charge < -0.3 is 19.7 Å². The molecular formula is C23H20ClN3O4. The number of carbonyl (C=O) groups excluding carboxylic acids is 1. The van der Waals surface area contributed by atoms with E-state index in [-0.39, 0.29) is 23.6 Å². The van der Waals surface area contributed by atoms with Crippen molar-refractivity contribution in [3.63, 3.8) is 0 Å². The lowest BCUT2D eigenvalue weighted by Crippen LogP contribution is -2.47. The number of ether oxygens (including phenoxy) is 1. The number of nitrogens with zero attached hydrogens (tertiary/aromatic N) is 2. The third kappa shape index (κ3) is 3.44. The van der Waals surface area contributed by atoms with Crippen LogP contribution in [0.4, 0.5) is 0 Å². The van der Waals surface area contributed by atoms with Gasteiger partial charge in [-0.15, -0.1) is 0 Å². The van der Waals surface area contributed by atoms with E-state index < -0.39 is 11.5 Å². The summed E-state index contributed by atoms with van der Waals surface area (Å²) in [5.74, 6) is -1.45. The first kappa shape index (κ1) is 20.9. The summed E-state index contributed by atoms with van der Waals surface area (Å²) in [6.45, 7) is 2.50. The van der Waals surface area contributed by atoms with E-state index in [4.69, 9.17) is 16.3 Å². The smallest absolute Gasteiger partial charge is 0.335 e. The van der Waals surface area contributed by atoms with Crippen molar-refractivity contribution in [1.82, 2.24) is 9.88 Å². The van der Waals surface area contributed by atoms with Crippen molar-refractivity contribution in [3.8, 4) is 6.07 Å². The molecule has 0 spiro atoms. The Hall–Kier alpha value is -3.34. The van der Waals surface area contributed by atoms with E-state index in [0.717, 1.165) is 16.5 Å². The van der Waals surface area contributed by atoms with Crippen LogP contribution >= 0.6 is 11.6 Å². The summed E-state index contributed by atoms with van der Waals surface area (Å²) < 4.78 is 7.36. The normalized spacial score (nSPS) is 18.1. The topological polar surface area (TPSA) is 104 Å². The van der Waals surface area contributed by atoms with Crippen molar-refractivity contribution < 1.29 is 19.4 Å². The van der Waals surface area contributed by atoms with Crippen LogP contribution in [0.1, 0.15) is 44.0 Å². The molecule has 4 rings (SSSR count). The molecule has 0 bridgehead atoms. The number of carbonyl (C=O) groups is 2. The van der Waals surface area contributed by atoms with Crippen LogP contribution in [0.3, 0.4) is 0 Å². The molecule has 0 saturated carbocycles. The Labute approximate surface area is 183 Å². The van der Waals surface area contributed by atoms with Gasteiger partial charge in [0.05, 0.1) is 34.4 Å². The zero-order chi connectivity index (χ0) is 22.3. The molecule has 3 aromatic rings. The fraction of sp³-hybridized carbons (Fsp3) is 0.261. The van der Waals surface area contributed by atoms with Gasteiger partial charge in [-0.2, -0.15) is 5.26 Å². The zero-order valence-electron chi connectivity index (χ0n) is 17.0. The van der Waals surface area contributed by atoms with Crippen LogP contribution in [-0.4, -0.2) is 34.8 Å². The summed E-state index contributed by atoms with van der Waals surface area (Å²) in [5, 5.41) is 23.3. The molecular weight excluding hydrogens is 418 g/mol. The number of hydrogen-bond acceptors (Lipinski definition) is 4. The van der Waals surface area contributed by atoms with Crippen molar-refractivity contribution >= 4 is 34.4 Å². The largest absolute Gasteiger partial charge is 0.478 e. The minimum atomic E-state index is -1.12. The van der Waals surface area contributed by atoms with E-state index in [1.54, 1.807) is 23.7 Å². The van der Waals surface area contributed by atoms with Crippen molar-refractivity contribution in [3.05, 3.63) is 69.4 Å². The van der Waals surface area contributed by atoms with E-state index >= 15 is 0 Å². The Morgan fingerprint density at radius 3 is 2.71 bits per heavy atom. The number of rotatable bonds is 4. The van der Waals surface area contributed by atoms with Crippen LogP contribution in [0.2, 0.25) is 5.02 Å². The number of fused-ring (bicyclic) bond motifs is 1. The maximum absolute atomic E-state index is 13.3. The van der Waals surface area contributed by atoms with Crippen molar-refractivity contribution in [1.29, 1.82) is 5.26 Å². The van der Waals surface area contributed by atoms with Gasteiger partial charge in [-0.1, -0.05) is 23.7 Å². The first-order valence-corrected chi connectivity index (χ1v) is 10.1. The Bertz CT molecular complexity index is 1270. The molecule has 1 amide bonds. The number of nitrogens with one attached hydrogen (secondary N) is 1. The summed E-state index contributed by atoms with van der Waals surface area (Å²) in [5.41, 5.74) is 1.99. The summed E-state index contributed by atoms with van der Waals surface area (Å²) in [4.78, 5) is 24.6. The highest BCUT2D eigenvalue weighted by molar-refractivity contribution is 6.36. The minimum Gasteiger partial charge on any atom is -0.478 e. The van der Waals surface area contributed by atoms with Crippen molar-refractivity contribution in [2.45, 2.75) is 18.9 Å². The van der Waals surface area contributed by atoms with Crippen LogP contribution in [0.5, 0.6) is 0 Å². The fourth-order valence-electron chi connectivity index (χ4n) is 4.11. The molecule has 2 N–H and O–H groups in total. The molecule has 1 aliphatic rings. The average Bonchev–Trinajstić information content (AvgIpc) is 3.36. The highest BCUT2D eigenvalue weighted by atomic mass is 35.5. The SMILES string of the molecule is Cc1ccc2c(cc(C(=O)NC3(c4ccc(C(=O)O)cc4C#N)CCOC3)n2C)c1Cl. The van der Waals surface area contributed by atoms with Gasteiger partial charge in [-0.25, -0.2) is 4.79 Å². The van der Waals surface area contributed by atoms with Gasteiger partial charge in [0.1, 0.15) is 5.69 Å². The first-order chi connectivity index (χ1) is 14.8. The monoisotopic (exact) mass is 437 g/mol. The zero-order valence-corrected chi connectivity index (χ0v) is 17.8.